The van der Waals surface area contributed by atoms with E-state index < -0.39 is 46.7 Å². The summed E-state index contributed by atoms with van der Waals surface area (Å²) in [6.07, 6.45) is -10.6. The van der Waals surface area contributed by atoms with Gasteiger partial charge in [0.05, 0.1) is 11.3 Å². The highest BCUT2D eigenvalue weighted by Crippen LogP contribution is 2.38. The lowest BCUT2D eigenvalue weighted by Gasteiger charge is -2.16. The molecule has 0 atom stereocenters. The zero-order chi connectivity index (χ0) is 19.2. The van der Waals surface area contributed by atoms with Gasteiger partial charge in [0.1, 0.15) is 17.3 Å². The fraction of sp³-hybridized carbons (Fsp3) is 0.231. The van der Waals surface area contributed by atoms with Gasteiger partial charge < -0.3 is 5.11 Å². The Bertz CT molecular complexity index is 892. The molecule has 12 heteroatoms. The molecule has 0 saturated heterocycles. The highest BCUT2D eigenvalue weighted by atomic mass is 19.4. The second kappa shape index (κ2) is 5.76. The number of pyridine rings is 1. The summed E-state index contributed by atoms with van der Waals surface area (Å²) in [4.78, 5) is 14.2. The van der Waals surface area contributed by atoms with Gasteiger partial charge in [-0.15, -0.1) is 0 Å². The number of hydrogen-bond acceptors (Lipinski definition) is 4. The zero-order valence-corrected chi connectivity index (χ0v) is 12.1. The number of nitriles is 1. The average Bonchev–Trinajstić information content (AvgIpc) is 2.86. The number of hydrogen-bond donors (Lipinski definition) is 1. The molecule has 0 radical (unpaired) electrons. The standard InChI is InChI=1S/C13H6F6N4O2/c1-5-2-8(11(24)25)23(22-5)10-6(4-20)7(12(14,15)16)3-9(21-10)13(17,18)19/h2-3H,1H3,(H,24,25). The fourth-order valence-electron chi connectivity index (χ4n) is 1.98. The monoisotopic (exact) mass is 364 g/mol. The topological polar surface area (TPSA) is 91.8 Å². The summed E-state index contributed by atoms with van der Waals surface area (Å²) in [6.45, 7) is 1.27. The van der Waals surface area contributed by atoms with E-state index in [0.29, 0.717) is 0 Å². The van der Waals surface area contributed by atoms with Crippen molar-refractivity contribution in [3.05, 3.63) is 40.3 Å². The summed E-state index contributed by atoms with van der Waals surface area (Å²) < 4.78 is 78.2. The number of carboxylic acids is 1. The van der Waals surface area contributed by atoms with Crippen LogP contribution in [-0.4, -0.2) is 25.8 Å². The van der Waals surface area contributed by atoms with Crippen LogP contribution in [-0.2, 0) is 12.4 Å². The maximum Gasteiger partial charge on any atom is 0.433 e. The fourth-order valence-corrected chi connectivity index (χ4v) is 1.98. The number of alkyl halides is 6. The third-order valence-corrected chi connectivity index (χ3v) is 2.96. The summed E-state index contributed by atoms with van der Waals surface area (Å²) in [6, 6.07) is 1.73. The summed E-state index contributed by atoms with van der Waals surface area (Å²) in [5, 5.41) is 21.6. The Morgan fingerprint density at radius 3 is 2.24 bits per heavy atom. The van der Waals surface area contributed by atoms with E-state index in [1.54, 1.807) is 0 Å². The molecule has 2 aromatic heterocycles. The number of halogens is 6. The van der Waals surface area contributed by atoms with E-state index in [9.17, 15) is 31.1 Å². The van der Waals surface area contributed by atoms with Gasteiger partial charge >= 0.3 is 18.3 Å². The van der Waals surface area contributed by atoms with Crippen LogP contribution in [0.5, 0.6) is 0 Å². The molecule has 0 fully saturated rings. The number of carbonyl (C=O) groups is 1. The molecule has 0 amide bonds. The van der Waals surface area contributed by atoms with Gasteiger partial charge in [-0.3, -0.25) is 0 Å². The minimum Gasteiger partial charge on any atom is -0.477 e. The molecule has 0 aliphatic heterocycles. The van der Waals surface area contributed by atoms with Gasteiger partial charge in [0.2, 0.25) is 0 Å². The van der Waals surface area contributed by atoms with E-state index in [4.69, 9.17) is 10.4 Å². The van der Waals surface area contributed by atoms with Crippen molar-refractivity contribution in [3.8, 4) is 11.9 Å². The summed E-state index contributed by atoms with van der Waals surface area (Å²) in [7, 11) is 0. The Hall–Kier alpha value is -3.10. The van der Waals surface area contributed by atoms with Crippen LogP contribution >= 0.6 is 0 Å². The third kappa shape index (κ3) is 3.39. The highest BCUT2D eigenvalue weighted by Gasteiger charge is 2.41. The molecule has 0 spiro atoms. The predicted molar refractivity (Wildman–Crippen MR) is 67.8 cm³/mol. The molecule has 25 heavy (non-hydrogen) atoms. The Morgan fingerprint density at radius 1 is 1.20 bits per heavy atom. The van der Waals surface area contributed by atoms with Crippen LogP contribution in [0.1, 0.15) is 33.0 Å². The molecular weight excluding hydrogens is 358 g/mol. The molecule has 1 N–H and O–H groups in total. The molecular formula is C13H6F6N4O2. The normalized spacial score (nSPS) is 12.1. The van der Waals surface area contributed by atoms with Gasteiger partial charge in [-0.1, -0.05) is 0 Å². The molecule has 0 aliphatic carbocycles. The largest absolute Gasteiger partial charge is 0.477 e. The van der Waals surface area contributed by atoms with Crippen molar-refractivity contribution < 1.29 is 36.2 Å². The van der Waals surface area contributed by atoms with Crippen LogP contribution in [0.2, 0.25) is 0 Å². The summed E-state index contributed by atoms with van der Waals surface area (Å²) in [5.74, 6) is -2.84. The van der Waals surface area contributed by atoms with Gasteiger partial charge in [-0.25, -0.2) is 14.5 Å². The van der Waals surface area contributed by atoms with Gasteiger partial charge in [0.25, 0.3) is 0 Å². The SMILES string of the molecule is Cc1cc(C(=O)O)n(-c2nc(C(F)(F)F)cc(C(F)(F)F)c2C#N)n1. The van der Waals surface area contributed by atoms with E-state index >= 15 is 0 Å². The first-order chi connectivity index (χ1) is 11.4. The second-order valence-electron chi connectivity index (χ2n) is 4.75. The second-order valence-corrected chi connectivity index (χ2v) is 4.75. The van der Waals surface area contributed by atoms with Gasteiger partial charge in [-0.05, 0) is 19.1 Å². The van der Waals surface area contributed by atoms with E-state index in [1.807, 2.05) is 0 Å². The average molecular weight is 364 g/mol. The van der Waals surface area contributed by atoms with Crippen molar-refractivity contribution in [3.63, 3.8) is 0 Å². The lowest BCUT2D eigenvalue weighted by molar-refractivity contribution is -0.145. The number of rotatable bonds is 2. The van der Waals surface area contributed by atoms with Crippen molar-refractivity contribution in [1.82, 2.24) is 14.8 Å². The predicted octanol–water partition coefficient (Wildman–Crippen LogP) is 3.18. The van der Waals surface area contributed by atoms with Gasteiger partial charge in [0, 0.05) is 0 Å². The Morgan fingerprint density at radius 2 is 1.80 bits per heavy atom. The minimum atomic E-state index is -5.30. The van der Waals surface area contributed by atoms with Crippen LogP contribution in [0, 0.1) is 18.3 Å². The zero-order valence-electron chi connectivity index (χ0n) is 12.1. The van der Waals surface area contributed by atoms with E-state index in [2.05, 4.69) is 10.1 Å². The Kier molecular flexibility index (Phi) is 4.20. The highest BCUT2D eigenvalue weighted by molar-refractivity contribution is 5.86. The molecule has 2 aromatic rings. The van der Waals surface area contributed by atoms with Crippen LogP contribution in [0.4, 0.5) is 26.3 Å². The van der Waals surface area contributed by atoms with Crippen molar-refractivity contribution in [1.29, 1.82) is 5.26 Å². The first kappa shape index (κ1) is 18.2. The van der Waals surface area contributed by atoms with Crippen LogP contribution < -0.4 is 0 Å². The molecule has 2 heterocycles. The molecule has 0 unspecified atom stereocenters. The Balaban J connectivity index is 2.95. The number of aryl methyl sites for hydroxylation is 1. The number of aromatic nitrogens is 3. The van der Waals surface area contributed by atoms with Crippen molar-refractivity contribution in [2.24, 2.45) is 0 Å². The molecule has 0 saturated carbocycles. The first-order valence-corrected chi connectivity index (χ1v) is 6.26. The number of carboxylic acid groups (broad SMARTS) is 1. The quantitative estimate of drug-likeness (QED) is 0.827. The Labute approximate surface area is 134 Å². The van der Waals surface area contributed by atoms with Gasteiger partial charge in [0.15, 0.2) is 11.5 Å². The van der Waals surface area contributed by atoms with E-state index in [-0.39, 0.29) is 16.4 Å². The lowest BCUT2D eigenvalue weighted by Crippen LogP contribution is -2.20. The van der Waals surface area contributed by atoms with E-state index in [1.165, 1.54) is 6.92 Å². The van der Waals surface area contributed by atoms with Crippen molar-refractivity contribution in [2.75, 3.05) is 0 Å². The number of nitrogens with zero attached hydrogens (tertiary/aromatic N) is 4. The molecule has 2 rings (SSSR count). The maximum absolute atomic E-state index is 13.1. The molecule has 6 nitrogen and oxygen atoms in total. The van der Waals surface area contributed by atoms with Crippen LogP contribution in [0.15, 0.2) is 12.1 Å². The lowest BCUT2D eigenvalue weighted by atomic mass is 10.1. The number of aromatic carboxylic acids is 1. The summed E-state index contributed by atoms with van der Waals surface area (Å²) >= 11 is 0. The smallest absolute Gasteiger partial charge is 0.433 e. The van der Waals surface area contributed by atoms with Crippen molar-refractivity contribution in [2.45, 2.75) is 19.3 Å². The third-order valence-electron chi connectivity index (χ3n) is 2.96. The van der Waals surface area contributed by atoms with Crippen molar-refractivity contribution >= 4 is 5.97 Å². The molecule has 0 aliphatic rings. The van der Waals surface area contributed by atoms with E-state index in [0.717, 1.165) is 12.1 Å². The molecule has 132 valence electrons. The maximum atomic E-state index is 13.1. The van der Waals surface area contributed by atoms with Gasteiger partial charge in [-0.2, -0.15) is 36.7 Å². The summed E-state index contributed by atoms with van der Waals surface area (Å²) in [5.41, 5.74) is -5.84. The minimum absolute atomic E-state index is 0.00550. The van der Waals surface area contributed by atoms with Crippen LogP contribution in [0.3, 0.4) is 0 Å². The molecule has 0 aromatic carbocycles. The van der Waals surface area contributed by atoms with Crippen LogP contribution in [0.25, 0.3) is 5.82 Å². The first-order valence-electron chi connectivity index (χ1n) is 6.26. The molecule has 0 bridgehead atoms.